The molecule has 1 atom stereocenters. The summed E-state index contributed by atoms with van der Waals surface area (Å²) in [6.45, 7) is 1.67. The van der Waals surface area contributed by atoms with E-state index in [1.54, 1.807) is 31.2 Å². The number of benzene rings is 2. The van der Waals surface area contributed by atoms with Gasteiger partial charge in [0.15, 0.2) is 0 Å². The minimum absolute atomic E-state index is 0.0910. The van der Waals surface area contributed by atoms with Crippen LogP contribution < -0.4 is 10.7 Å². The van der Waals surface area contributed by atoms with Crippen molar-refractivity contribution in [3.05, 3.63) is 56.7 Å². The lowest BCUT2D eigenvalue weighted by Crippen LogP contribution is -2.34. The molecule has 2 aromatic rings. The molecule has 0 saturated carbocycles. The van der Waals surface area contributed by atoms with E-state index in [1.165, 1.54) is 18.3 Å². The lowest BCUT2D eigenvalue weighted by molar-refractivity contribution is -0.121. The Kier molecular flexibility index (Phi) is 6.33. The van der Waals surface area contributed by atoms with Crippen molar-refractivity contribution in [3.63, 3.8) is 0 Å². The molecule has 0 radical (unpaired) electrons. The van der Waals surface area contributed by atoms with Crippen molar-refractivity contribution < 1.29 is 14.3 Å². The highest BCUT2D eigenvalue weighted by atomic mass is 79.9. The molecule has 0 saturated heterocycles. The zero-order valence-corrected chi connectivity index (χ0v) is 15.7. The van der Waals surface area contributed by atoms with Crippen molar-refractivity contribution in [2.24, 2.45) is 5.10 Å². The van der Waals surface area contributed by atoms with E-state index in [9.17, 15) is 14.3 Å². The van der Waals surface area contributed by atoms with Crippen molar-refractivity contribution in [2.75, 3.05) is 5.32 Å². The Bertz CT molecular complexity index is 743. The van der Waals surface area contributed by atoms with Crippen LogP contribution in [0.15, 0.2) is 50.4 Å². The number of amides is 1. The Morgan fingerprint density at radius 3 is 2.42 bits per heavy atom. The molecular weight excluding hydrogens is 445 g/mol. The number of phenols is 1. The Morgan fingerprint density at radius 1 is 1.25 bits per heavy atom. The summed E-state index contributed by atoms with van der Waals surface area (Å²) in [5.74, 6) is -0.589. The standard InChI is InChI=1S/C16H14Br2FN3O2/c1-9(21-12-4-2-11(19)3-5-12)16(24)22-20-8-10-6-13(17)15(23)14(18)7-10/h2-9,21,23H,1H3,(H,22,24)/b20-8-/t9-/m0/s1. The molecule has 126 valence electrons. The van der Waals surface area contributed by atoms with Gasteiger partial charge in [0.05, 0.1) is 15.2 Å². The van der Waals surface area contributed by atoms with E-state index in [-0.39, 0.29) is 17.5 Å². The molecule has 0 spiro atoms. The number of carbonyl (C=O) groups is 1. The molecule has 0 bridgehead atoms. The fourth-order valence-corrected chi connectivity index (χ4v) is 3.01. The summed E-state index contributed by atoms with van der Waals surface area (Å²) in [7, 11) is 0. The number of carbonyl (C=O) groups excluding carboxylic acids is 1. The molecule has 0 unspecified atom stereocenters. The van der Waals surface area contributed by atoms with Crippen LogP contribution in [-0.4, -0.2) is 23.3 Å². The topological polar surface area (TPSA) is 73.7 Å². The number of anilines is 1. The Labute approximate surface area is 155 Å². The molecule has 1 amide bonds. The summed E-state index contributed by atoms with van der Waals surface area (Å²) in [6.07, 6.45) is 1.46. The summed E-state index contributed by atoms with van der Waals surface area (Å²) in [5.41, 5.74) is 3.74. The van der Waals surface area contributed by atoms with Gasteiger partial charge in [0, 0.05) is 5.69 Å². The smallest absolute Gasteiger partial charge is 0.262 e. The number of hydrazone groups is 1. The van der Waals surface area contributed by atoms with Crippen molar-refractivity contribution in [3.8, 4) is 5.75 Å². The second-order valence-electron chi connectivity index (χ2n) is 4.94. The van der Waals surface area contributed by atoms with Crippen LogP contribution in [0.5, 0.6) is 5.75 Å². The molecule has 8 heteroatoms. The van der Waals surface area contributed by atoms with E-state index in [0.717, 1.165) is 0 Å². The second kappa shape index (κ2) is 8.25. The van der Waals surface area contributed by atoms with E-state index in [4.69, 9.17) is 0 Å². The average molecular weight is 459 g/mol. The predicted molar refractivity (Wildman–Crippen MR) is 98.7 cm³/mol. The molecule has 0 fully saturated rings. The predicted octanol–water partition coefficient (Wildman–Crippen LogP) is 4.01. The van der Waals surface area contributed by atoms with Gasteiger partial charge in [-0.25, -0.2) is 9.82 Å². The fourth-order valence-electron chi connectivity index (χ4n) is 1.79. The van der Waals surface area contributed by atoms with Gasteiger partial charge in [-0.3, -0.25) is 4.79 Å². The molecular formula is C16H14Br2FN3O2. The first-order chi connectivity index (χ1) is 11.4. The van der Waals surface area contributed by atoms with Gasteiger partial charge >= 0.3 is 0 Å². The zero-order chi connectivity index (χ0) is 17.7. The molecule has 3 N–H and O–H groups in total. The summed E-state index contributed by atoms with van der Waals surface area (Å²) >= 11 is 6.43. The maximum Gasteiger partial charge on any atom is 0.262 e. The van der Waals surface area contributed by atoms with Gasteiger partial charge in [-0.2, -0.15) is 5.10 Å². The maximum absolute atomic E-state index is 12.8. The van der Waals surface area contributed by atoms with Crippen LogP contribution in [0.2, 0.25) is 0 Å². The Hall–Kier alpha value is -1.93. The van der Waals surface area contributed by atoms with Crippen molar-refractivity contribution in [1.82, 2.24) is 5.43 Å². The van der Waals surface area contributed by atoms with Crippen LogP contribution in [0.25, 0.3) is 0 Å². The Morgan fingerprint density at radius 2 is 1.83 bits per heavy atom. The second-order valence-corrected chi connectivity index (χ2v) is 6.65. The third-order valence-corrected chi connectivity index (χ3v) is 4.26. The lowest BCUT2D eigenvalue weighted by atomic mass is 10.2. The van der Waals surface area contributed by atoms with Crippen LogP contribution in [-0.2, 0) is 4.79 Å². The zero-order valence-electron chi connectivity index (χ0n) is 12.6. The number of nitrogens with one attached hydrogen (secondary N) is 2. The average Bonchev–Trinajstić information content (AvgIpc) is 2.54. The van der Waals surface area contributed by atoms with Crippen LogP contribution in [0.1, 0.15) is 12.5 Å². The van der Waals surface area contributed by atoms with Gasteiger partial charge in [-0.15, -0.1) is 0 Å². The van der Waals surface area contributed by atoms with Crippen molar-refractivity contribution >= 4 is 49.7 Å². The monoisotopic (exact) mass is 457 g/mol. The molecule has 0 aliphatic heterocycles. The normalized spacial score (nSPS) is 12.2. The number of halogens is 3. The lowest BCUT2D eigenvalue weighted by Gasteiger charge is -2.13. The van der Waals surface area contributed by atoms with Gasteiger partial charge in [0.1, 0.15) is 17.6 Å². The number of phenolic OH excluding ortho intramolecular Hbond substituents is 1. The molecule has 24 heavy (non-hydrogen) atoms. The molecule has 0 aliphatic rings. The van der Waals surface area contributed by atoms with Crippen LogP contribution in [0.4, 0.5) is 10.1 Å². The number of hydrogen-bond acceptors (Lipinski definition) is 4. The molecule has 5 nitrogen and oxygen atoms in total. The molecule has 2 rings (SSSR count). The summed E-state index contributed by atoms with van der Waals surface area (Å²) in [6, 6.07) is 8.50. The van der Waals surface area contributed by atoms with Gasteiger partial charge in [-0.05, 0) is 80.7 Å². The van der Waals surface area contributed by atoms with Gasteiger partial charge in [0.2, 0.25) is 0 Å². The van der Waals surface area contributed by atoms with Gasteiger partial charge < -0.3 is 10.4 Å². The third-order valence-electron chi connectivity index (χ3n) is 3.05. The number of rotatable bonds is 5. The summed E-state index contributed by atoms with van der Waals surface area (Å²) < 4.78 is 13.9. The highest BCUT2D eigenvalue weighted by molar-refractivity contribution is 9.11. The van der Waals surface area contributed by atoms with E-state index in [2.05, 4.69) is 47.7 Å². The molecule has 0 heterocycles. The van der Waals surface area contributed by atoms with Crippen LogP contribution >= 0.6 is 31.9 Å². The van der Waals surface area contributed by atoms with Crippen LogP contribution in [0, 0.1) is 5.82 Å². The minimum Gasteiger partial charge on any atom is -0.506 e. The molecule has 0 aromatic heterocycles. The Balaban J connectivity index is 1.93. The van der Waals surface area contributed by atoms with E-state index < -0.39 is 6.04 Å². The maximum atomic E-state index is 12.8. The van der Waals surface area contributed by atoms with Gasteiger partial charge in [-0.1, -0.05) is 0 Å². The molecule has 2 aromatic carbocycles. The van der Waals surface area contributed by atoms with E-state index in [1.807, 2.05) is 0 Å². The third kappa shape index (κ3) is 5.04. The van der Waals surface area contributed by atoms with E-state index in [0.29, 0.717) is 20.2 Å². The first-order valence-corrected chi connectivity index (χ1v) is 8.48. The SMILES string of the molecule is C[C@H](Nc1ccc(F)cc1)C(=O)N/N=C\c1cc(Br)c(O)c(Br)c1. The fraction of sp³-hybridized carbons (Fsp3) is 0.125. The van der Waals surface area contributed by atoms with Gasteiger partial charge in [0.25, 0.3) is 5.91 Å². The first-order valence-electron chi connectivity index (χ1n) is 6.90. The minimum atomic E-state index is -0.550. The largest absolute Gasteiger partial charge is 0.506 e. The first kappa shape index (κ1) is 18.4. The number of aromatic hydroxyl groups is 1. The summed E-state index contributed by atoms with van der Waals surface area (Å²) in [5, 5.41) is 16.5. The van der Waals surface area contributed by atoms with E-state index >= 15 is 0 Å². The summed E-state index contributed by atoms with van der Waals surface area (Å²) in [4.78, 5) is 12.0. The highest BCUT2D eigenvalue weighted by Gasteiger charge is 2.11. The highest BCUT2D eigenvalue weighted by Crippen LogP contribution is 2.32. The van der Waals surface area contributed by atoms with Crippen molar-refractivity contribution in [1.29, 1.82) is 0 Å². The quantitative estimate of drug-likeness (QED) is 0.468. The van der Waals surface area contributed by atoms with Crippen molar-refractivity contribution in [2.45, 2.75) is 13.0 Å². The molecule has 0 aliphatic carbocycles. The number of hydrogen-bond donors (Lipinski definition) is 3. The van der Waals surface area contributed by atoms with Crippen LogP contribution in [0.3, 0.4) is 0 Å². The number of nitrogens with zero attached hydrogens (tertiary/aromatic N) is 1.